The summed E-state index contributed by atoms with van der Waals surface area (Å²) in [5.41, 5.74) is -0.343. The molecule has 1 atom stereocenters. The molecule has 1 saturated heterocycles. The van der Waals surface area contributed by atoms with Crippen LogP contribution in [0.4, 0.5) is 0 Å². The Morgan fingerprint density at radius 3 is 2.94 bits per heavy atom. The van der Waals surface area contributed by atoms with Crippen molar-refractivity contribution in [2.24, 2.45) is 5.41 Å². The summed E-state index contributed by atoms with van der Waals surface area (Å²) in [7, 11) is 0. The average Bonchev–Trinajstić information content (AvgIpc) is 2.81. The van der Waals surface area contributed by atoms with Crippen LogP contribution in [0.15, 0.2) is 17.5 Å². The predicted molar refractivity (Wildman–Crippen MR) is 75.2 cm³/mol. The minimum Gasteiger partial charge on any atom is -0.293 e. The molecule has 92 valence electrons. The highest BCUT2D eigenvalue weighted by atomic mass is 32.2. The molecule has 1 aliphatic rings. The van der Waals surface area contributed by atoms with Gasteiger partial charge in [0.05, 0.1) is 6.07 Å². The largest absolute Gasteiger partial charge is 0.293 e. The fraction of sp³-hybridized carbons (Fsp3) is 0.615. The normalized spacial score (nSPS) is 27.6. The van der Waals surface area contributed by atoms with Gasteiger partial charge < -0.3 is 0 Å². The molecule has 1 unspecified atom stereocenters. The molecule has 1 fully saturated rings. The van der Waals surface area contributed by atoms with Gasteiger partial charge in [-0.15, -0.1) is 11.3 Å². The van der Waals surface area contributed by atoms with E-state index >= 15 is 0 Å². The third kappa shape index (κ3) is 2.52. The van der Waals surface area contributed by atoms with Crippen LogP contribution in [0.1, 0.15) is 25.1 Å². The molecule has 1 aliphatic heterocycles. The number of hydrogen-bond donors (Lipinski definition) is 1. The van der Waals surface area contributed by atoms with Gasteiger partial charge in [0, 0.05) is 17.2 Å². The minimum atomic E-state index is -0.389. The topological polar surface area (TPSA) is 35.8 Å². The summed E-state index contributed by atoms with van der Waals surface area (Å²) in [6.45, 7) is 5.21. The summed E-state index contributed by atoms with van der Waals surface area (Å²) < 4.78 is 0. The van der Waals surface area contributed by atoms with Crippen molar-refractivity contribution >= 4 is 23.1 Å². The zero-order valence-corrected chi connectivity index (χ0v) is 12.0. The lowest BCUT2D eigenvalue weighted by Crippen LogP contribution is -2.58. The molecule has 2 heterocycles. The average molecular weight is 266 g/mol. The molecule has 0 bridgehead atoms. The van der Waals surface area contributed by atoms with E-state index in [2.05, 4.69) is 42.7 Å². The van der Waals surface area contributed by atoms with E-state index in [0.717, 1.165) is 24.5 Å². The zero-order chi connectivity index (χ0) is 12.4. The van der Waals surface area contributed by atoms with E-state index in [1.54, 1.807) is 11.3 Å². The number of hydrogen-bond acceptors (Lipinski definition) is 4. The van der Waals surface area contributed by atoms with Gasteiger partial charge >= 0.3 is 0 Å². The smallest absolute Gasteiger partial charge is 0.121 e. The Balaban J connectivity index is 2.11. The molecule has 0 aromatic carbocycles. The first kappa shape index (κ1) is 12.9. The Hall–Kier alpha value is -0.500. The second-order valence-electron chi connectivity index (χ2n) is 5.14. The molecule has 0 aliphatic carbocycles. The molecular weight excluding hydrogens is 248 g/mol. The molecule has 1 N–H and O–H groups in total. The van der Waals surface area contributed by atoms with Crippen molar-refractivity contribution in [3.05, 3.63) is 22.4 Å². The molecule has 0 radical (unpaired) electrons. The van der Waals surface area contributed by atoms with Crippen LogP contribution in [0.5, 0.6) is 0 Å². The Kier molecular flexibility index (Phi) is 3.82. The van der Waals surface area contributed by atoms with Crippen molar-refractivity contribution in [1.82, 2.24) is 5.32 Å². The Morgan fingerprint density at radius 2 is 2.35 bits per heavy atom. The van der Waals surface area contributed by atoms with Gasteiger partial charge in [-0.25, -0.2) is 0 Å². The van der Waals surface area contributed by atoms with Gasteiger partial charge in [0.2, 0.25) is 0 Å². The number of nitrogens with one attached hydrogen (secondary N) is 1. The Labute approximate surface area is 111 Å². The van der Waals surface area contributed by atoms with Crippen LogP contribution in [0.3, 0.4) is 0 Å². The van der Waals surface area contributed by atoms with Crippen LogP contribution >= 0.6 is 23.1 Å². The SMILES string of the molecule is CC1(C)CCSCC1(C#N)NCc1cccs1. The first-order valence-electron chi connectivity index (χ1n) is 5.86. The number of thioether (sulfide) groups is 1. The fourth-order valence-electron chi connectivity index (χ4n) is 2.13. The number of rotatable bonds is 3. The fourth-order valence-corrected chi connectivity index (χ4v) is 4.43. The van der Waals surface area contributed by atoms with E-state index in [0.29, 0.717) is 0 Å². The van der Waals surface area contributed by atoms with Crippen LogP contribution in [-0.4, -0.2) is 17.0 Å². The molecule has 2 nitrogen and oxygen atoms in total. The molecular formula is C13H18N2S2. The van der Waals surface area contributed by atoms with Gasteiger partial charge in [-0.05, 0) is 29.0 Å². The maximum Gasteiger partial charge on any atom is 0.121 e. The van der Waals surface area contributed by atoms with Crippen molar-refractivity contribution < 1.29 is 0 Å². The van der Waals surface area contributed by atoms with Gasteiger partial charge in [-0.2, -0.15) is 17.0 Å². The van der Waals surface area contributed by atoms with Crippen molar-refractivity contribution in [3.63, 3.8) is 0 Å². The number of thiophene rings is 1. The second kappa shape index (κ2) is 5.01. The Morgan fingerprint density at radius 1 is 1.53 bits per heavy atom. The summed E-state index contributed by atoms with van der Waals surface area (Å²) in [5.74, 6) is 2.05. The van der Waals surface area contributed by atoms with Crippen molar-refractivity contribution in [2.75, 3.05) is 11.5 Å². The third-order valence-corrected chi connectivity index (χ3v) is 5.69. The molecule has 2 rings (SSSR count). The summed E-state index contributed by atoms with van der Waals surface area (Å²) in [6.07, 6.45) is 1.10. The lowest BCUT2D eigenvalue weighted by atomic mass is 9.71. The Bertz CT molecular complexity index is 406. The molecule has 0 saturated carbocycles. The zero-order valence-electron chi connectivity index (χ0n) is 10.3. The highest BCUT2D eigenvalue weighted by Gasteiger charge is 2.47. The van der Waals surface area contributed by atoms with E-state index in [1.165, 1.54) is 4.88 Å². The summed E-state index contributed by atoms with van der Waals surface area (Å²) in [4.78, 5) is 1.30. The highest BCUT2D eigenvalue weighted by Crippen LogP contribution is 2.42. The molecule has 0 amide bonds. The maximum absolute atomic E-state index is 9.58. The molecule has 0 spiro atoms. The van der Waals surface area contributed by atoms with Crippen molar-refractivity contribution in [3.8, 4) is 6.07 Å². The van der Waals surface area contributed by atoms with Crippen molar-refractivity contribution in [1.29, 1.82) is 5.26 Å². The summed E-state index contributed by atoms with van der Waals surface area (Å²) >= 11 is 3.63. The van der Waals surface area contributed by atoms with Crippen LogP contribution in [0.25, 0.3) is 0 Å². The lowest BCUT2D eigenvalue weighted by molar-refractivity contribution is 0.182. The van der Waals surface area contributed by atoms with E-state index in [1.807, 2.05) is 11.8 Å². The molecule has 1 aromatic heterocycles. The van der Waals surface area contributed by atoms with E-state index < -0.39 is 0 Å². The van der Waals surface area contributed by atoms with Crippen LogP contribution in [0.2, 0.25) is 0 Å². The van der Waals surface area contributed by atoms with Gasteiger partial charge in [-0.1, -0.05) is 19.9 Å². The number of nitrogens with zero attached hydrogens (tertiary/aromatic N) is 1. The van der Waals surface area contributed by atoms with Gasteiger partial charge in [0.25, 0.3) is 0 Å². The maximum atomic E-state index is 9.58. The van der Waals surface area contributed by atoms with Gasteiger partial charge in [0.15, 0.2) is 0 Å². The first-order chi connectivity index (χ1) is 8.10. The molecule has 17 heavy (non-hydrogen) atoms. The standard InChI is InChI=1S/C13H18N2S2/c1-12(2)5-7-16-10-13(12,9-14)15-8-11-4-3-6-17-11/h3-4,6,15H,5,7-8,10H2,1-2H3. The van der Waals surface area contributed by atoms with E-state index in [9.17, 15) is 5.26 Å². The quantitative estimate of drug-likeness (QED) is 0.912. The van der Waals surface area contributed by atoms with Crippen LogP contribution in [-0.2, 0) is 6.54 Å². The highest BCUT2D eigenvalue weighted by molar-refractivity contribution is 7.99. The second-order valence-corrected chi connectivity index (χ2v) is 7.27. The van der Waals surface area contributed by atoms with E-state index in [-0.39, 0.29) is 11.0 Å². The van der Waals surface area contributed by atoms with Gasteiger partial charge in [0.1, 0.15) is 5.54 Å². The predicted octanol–water partition coefficient (Wildman–Crippen LogP) is 3.26. The minimum absolute atomic E-state index is 0.0459. The molecule has 4 heteroatoms. The first-order valence-corrected chi connectivity index (χ1v) is 7.89. The third-order valence-electron chi connectivity index (χ3n) is 3.68. The van der Waals surface area contributed by atoms with Crippen molar-refractivity contribution in [2.45, 2.75) is 32.4 Å². The lowest BCUT2D eigenvalue weighted by Gasteiger charge is -2.45. The van der Waals surface area contributed by atoms with E-state index in [4.69, 9.17) is 0 Å². The monoisotopic (exact) mass is 266 g/mol. The summed E-state index contributed by atoms with van der Waals surface area (Å²) in [6, 6.07) is 6.72. The van der Waals surface area contributed by atoms with Gasteiger partial charge in [-0.3, -0.25) is 5.32 Å². The van der Waals surface area contributed by atoms with Crippen LogP contribution in [0, 0.1) is 16.7 Å². The van der Waals surface area contributed by atoms with Crippen LogP contribution < -0.4 is 5.32 Å². The number of nitriles is 1. The molecule has 1 aromatic rings. The summed E-state index contributed by atoms with van der Waals surface area (Å²) in [5, 5.41) is 15.2.